The van der Waals surface area contributed by atoms with Gasteiger partial charge in [-0.15, -0.1) is 0 Å². The Hall–Kier alpha value is -1.53. The van der Waals surface area contributed by atoms with Crippen molar-refractivity contribution in [1.29, 1.82) is 0 Å². The third-order valence-electron chi connectivity index (χ3n) is 5.22. The molecule has 144 valence electrons. The van der Waals surface area contributed by atoms with Crippen molar-refractivity contribution in [2.75, 3.05) is 39.3 Å². The zero-order chi connectivity index (χ0) is 18.4. The van der Waals surface area contributed by atoms with E-state index in [0.29, 0.717) is 38.1 Å². The third kappa shape index (κ3) is 5.48. The summed E-state index contributed by atoms with van der Waals surface area (Å²) in [6.07, 6.45) is 5.41. The van der Waals surface area contributed by atoms with Gasteiger partial charge in [-0.3, -0.25) is 4.79 Å². The Morgan fingerprint density at radius 3 is 2.65 bits per heavy atom. The summed E-state index contributed by atoms with van der Waals surface area (Å²) in [5.41, 5.74) is 0.646. The van der Waals surface area contributed by atoms with Crippen molar-refractivity contribution in [3.8, 4) is 0 Å². The summed E-state index contributed by atoms with van der Waals surface area (Å²) in [7, 11) is 0. The molecule has 1 aromatic rings. The van der Waals surface area contributed by atoms with Crippen molar-refractivity contribution < 1.29 is 18.3 Å². The number of hydrogen-bond acceptors (Lipinski definition) is 3. The molecule has 2 saturated heterocycles. The van der Waals surface area contributed by atoms with Gasteiger partial charge in [-0.2, -0.15) is 0 Å². The minimum absolute atomic E-state index is 0.0582. The molecule has 1 aromatic carbocycles. The molecule has 0 spiro atoms. The largest absolute Gasteiger partial charge is 0.375 e. The molecule has 1 amide bonds. The summed E-state index contributed by atoms with van der Waals surface area (Å²) >= 11 is 0. The van der Waals surface area contributed by atoms with Gasteiger partial charge in [-0.05, 0) is 56.5 Å². The van der Waals surface area contributed by atoms with Crippen LogP contribution in [0.2, 0.25) is 0 Å². The number of ether oxygens (including phenoxy) is 1. The highest BCUT2D eigenvalue weighted by Gasteiger charge is 2.24. The minimum atomic E-state index is -0.861. The van der Waals surface area contributed by atoms with E-state index in [1.54, 1.807) is 0 Å². The number of rotatable bonds is 5. The van der Waals surface area contributed by atoms with Gasteiger partial charge in [0, 0.05) is 32.7 Å². The zero-order valence-electron chi connectivity index (χ0n) is 15.3. The Morgan fingerprint density at radius 1 is 1.08 bits per heavy atom. The van der Waals surface area contributed by atoms with E-state index < -0.39 is 11.6 Å². The molecule has 1 atom stereocenters. The van der Waals surface area contributed by atoms with E-state index in [1.165, 1.54) is 31.4 Å². The first-order valence-electron chi connectivity index (χ1n) is 9.67. The van der Waals surface area contributed by atoms with Crippen molar-refractivity contribution in [1.82, 2.24) is 9.80 Å². The van der Waals surface area contributed by atoms with Crippen LogP contribution in [0, 0.1) is 11.6 Å². The number of hydrogen-bond donors (Lipinski definition) is 0. The van der Waals surface area contributed by atoms with Crippen LogP contribution < -0.4 is 0 Å². The second-order valence-corrected chi connectivity index (χ2v) is 7.30. The summed E-state index contributed by atoms with van der Waals surface area (Å²) in [5.74, 6) is -1.66. The maximum atomic E-state index is 13.3. The topological polar surface area (TPSA) is 32.8 Å². The van der Waals surface area contributed by atoms with E-state index in [-0.39, 0.29) is 12.0 Å². The second kappa shape index (κ2) is 9.42. The lowest BCUT2D eigenvalue weighted by molar-refractivity contribution is -0.132. The van der Waals surface area contributed by atoms with Crippen molar-refractivity contribution in [3.63, 3.8) is 0 Å². The SMILES string of the molecule is O=C(CCc1ccc(F)c(F)c1)N1CCCO[C@H](CN2CCCCC2)C1. The molecule has 2 aliphatic rings. The van der Waals surface area contributed by atoms with E-state index in [4.69, 9.17) is 4.74 Å². The predicted molar refractivity (Wildman–Crippen MR) is 95.9 cm³/mol. The van der Waals surface area contributed by atoms with Crippen LogP contribution in [0.4, 0.5) is 8.78 Å². The van der Waals surface area contributed by atoms with Crippen LogP contribution in [0.1, 0.15) is 37.7 Å². The Kier molecular flexibility index (Phi) is 6.97. The van der Waals surface area contributed by atoms with Gasteiger partial charge in [-0.1, -0.05) is 12.5 Å². The van der Waals surface area contributed by atoms with E-state index in [9.17, 15) is 13.6 Å². The molecule has 3 rings (SSSR count). The Balaban J connectivity index is 1.50. The van der Waals surface area contributed by atoms with Gasteiger partial charge >= 0.3 is 0 Å². The number of amides is 1. The normalized spacial score (nSPS) is 22.2. The molecular weight excluding hydrogens is 338 g/mol. The first kappa shape index (κ1) is 19.2. The zero-order valence-corrected chi connectivity index (χ0v) is 15.3. The molecule has 0 N–H and O–H groups in total. The molecule has 2 aliphatic heterocycles. The van der Waals surface area contributed by atoms with Crippen LogP contribution in [-0.2, 0) is 16.0 Å². The summed E-state index contributed by atoms with van der Waals surface area (Å²) < 4.78 is 32.2. The monoisotopic (exact) mass is 366 g/mol. The van der Waals surface area contributed by atoms with E-state index >= 15 is 0 Å². The lowest BCUT2D eigenvalue weighted by Crippen LogP contribution is -2.43. The van der Waals surface area contributed by atoms with Gasteiger partial charge in [0.15, 0.2) is 11.6 Å². The van der Waals surface area contributed by atoms with E-state index in [0.717, 1.165) is 32.1 Å². The number of aryl methyl sites for hydroxylation is 1. The lowest BCUT2D eigenvalue weighted by atomic mass is 10.1. The quantitative estimate of drug-likeness (QED) is 0.803. The Bertz CT molecular complexity index is 605. The van der Waals surface area contributed by atoms with Crippen molar-refractivity contribution in [3.05, 3.63) is 35.4 Å². The van der Waals surface area contributed by atoms with Gasteiger partial charge in [0.25, 0.3) is 0 Å². The molecule has 0 aliphatic carbocycles. The Morgan fingerprint density at radius 2 is 1.88 bits per heavy atom. The smallest absolute Gasteiger partial charge is 0.222 e. The summed E-state index contributed by atoms with van der Waals surface area (Å²) in [6, 6.07) is 3.83. The van der Waals surface area contributed by atoms with E-state index in [1.807, 2.05) is 4.90 Å². The molecule has 26 heavy (non-hydrogen) atoms. The van der Waals surface area contributed by atoms with Crippen molar-refractivity contribution in [2.24, 2.45) is 0 Å². The van der Waals surface area contributed by atoms with Crippen LogP contribution in [0.3, 0.4) is 0 Å². The van der Waals surface area contributed by atoms with Crippen LogP contribution in [-0.4, -0.2) is 61.1 Å². The van der Waals surface area contributed by atoms with Crippen molar-refractivity contribution >= 4 is 5.91 Å². The number of benzene rings is 1. The van der Waals surface area contributed by atoms with Gasteiger partial charge in [-0.25, -0.2) is 8.78 Å². The van der Waals surface area contributed by atoms with Crippen LogP contribution in [0.25, 0.3) is 0 Å². The summed E-state index contributed by atoms with van der Waals surface area (Å²) in [4.78, 5) is 16.9. The highest BCUT2D eigenvalue weighted by atomic mass is 19.2. The molecule has 0 aromatic heterocycles. The second-order valence-electron chi connectivity index (χ2n) is 7.30. The summed E-state index contributed by atoms with van der Waals surface area (Å²) in [5, 5.41) is 0. The highest BCUT2D eigenvalue weighted by Crippen LogP contribution is 2.15. The van der Waals surface area contributed by atoms with Crippen LogP contribution in [0.15, 0.2) is 18.2 Å². The maximum absolute atomic E-state index is 13.3. The molecule has 2 fully saturated rings. The molecule has 0 saturated carbocycles. The average Bonchev–Trinajstić information content (AvgIpc) is 2.89. The molecular formula is C20H28F2N2O2. The number of carbonyl (C=O) groups excluding carboxylic acids is 1. The first-order valence-corrected chi connectivity index (χ1v) is 9.67. The number of piperidine rings is 1. The van der Waals surface area contributed by atoms with Gasteiger partial charge < -0.3 is 14.5 Å². The molecule has 0 unspecified atom stereocenters. The standard InChI is InChI=1S/C20H28F2N2O2/c21-18-7-5-16(13-19(18)22)6-8-20(25)24-11-4-12-26-17(15-24)14-23-9-2-1-3-10-23/h5,7,13,17H,1-4,6,8-12,14-15H2/t17-/m1/s1. The number of likely N-dealkylation sites (tertiary alicyclic amines) is 1. The predicted octanol–water partition coefficient (Wildman–Crippen LogP) is 3.00. The van der Waals surface area contributed by atoms with Gasteiger partial charge in [0.1, 0.15) is 0 Å². The molecule has 2 heterocycles. The number of carbonyl (C=O) groups is 1. The maximum Gasteiger partial charge on any atom is 0.222 e. The number of nitrogens with zero attached hydrogens (tertiary/aromatic N) is 2. The van der Waals surface area contributed by atoms with E-state index in [2.05, 4.69) is 4.90 Å². The minimum Gasteiger partial charge on any atom is -0.375 e. The third-order valence-corrected chi connectivity index (χ3v) is 5.22. The fourth-order valence-electron chi connectivity index (χ4n) is 3.77. The fraction of sp³-hybridized carbons (Fsp3) is 0.650. The average molecular weight is 366 g/mol. The molecule has 0 bridgehead atoms. The van der Waals surface area contributed by atoms with Crippen molar-refractivity contribution in [2.45, 2.75) is 44.6 Å². The first-order chi connectivity index (χ1) is 12.6. The lowest BCUT2D eigenvalue weighted by Gasteiger charge is -2.31. The van der Waals surface area contributed by atoms with Gasteiger partial charge in [0.05, 0.1) is 6.10 Å². The highest BCUT2D eigenvalue weighted by molar-refractivity contribution is 5.76. The van der Waals surface area contributed by atoms with Crippen LogP contribution in [0.5, 0.6) is 0 Å². The molecule has 6 heteroatoms. The molecule has 4 nitrogen and oxygen atoms in total. The van der Waals surface area contributed by atoms with Gasteiger partial charge in [0.2, 0.25) is 5.91 Å². The fourth-order valence-corrected chi connectivity index (χ4v) is 3.77. The molecule has 0 radical (unpaired) electrons. The summed E-state index contributed by atoms with van der Waals surface area (Å²) in [6.45, 7) is 5.12. The Labute approximate surface area is 154 Å². The van der Waals surface area contributed by atoms with Crippen LogP contribution >= 0.6 is 0 Å². The number of halogens is 2.